The minimum Gasteiger partial charge on any atom is -0.497 e. The highest BCUT2D eigenvalue weighted by atomic mass is 19.1. The van der Waals surface area contributed by atoms with Gasteiger partial charge in [-0.15, -0.1) is 0 Å². The van der Waals surface area contributed by atoms with E-state index in [2.05, 4.69) is 0 Å². The molecule has 0 aromatic heterocycles. The largest absolute Gasteiger partial charge is 0.497 e. The second-order valence-corrected chi connectivity index (χ2v) is 3.40. The molecule has 0 bridgehead atoms. The third kappa shape index (κ3) is 1.29. The van der Waals surface area contributed by atoms with Gasteiger partial charge in [-0.1, -0.05) is 12.1 Å². The predicted molar refractivity (Wildman–Crippen MR) is 48.4 cm³/mol. The molecule has 2 nitrogen and oxygen atoms in total. The van der Waals surface area contributed by atoms with Gasteiger partial charge in [0.2, 0.25) is 0 Å². The van der Waals surface area contributed by atoms with Gasteiger partial charge in [-0.3, -0.25) is 0 Å². The van der Waals surface area contributed by atoms with Crippen LogP contribution in [0.25, 0.3) is 0 Å². The van der Waals surface area contributed by atoms with E-state index in [0.29, 0.717) is 12.0 Å². The lowest BCUT2D eigenvalue weighted by atomic mass is 10.1. The van der Waals surface area contributed by atoms with Gasteiger partial charge in [0.25, 0.3) is 0 Å². The molecule has 0 spiro atoms. The first-order chi connectivity index (χ1) is 6.16. The SMILES string of the molecule is COc1ccc([C@]2(F)C[C@@H]2N)cc1. The third-order valence-electron chi connectivity index (χ3n) is 2.51. The fourth-order valence-electron chi connectivity index (χ4n) is 1.46. The van der Waals surface area contributed by atoms with E-state index in [1.165, 1.54) is 0 Å². The van der Waals surface area contributed by atoms with Crippen molar-refractivity contribution in [3.63, 3.8) is 0 Å². The summed E-state index contributed by atoms with van der Waals surface area (Å²) in [6.07, 6.45) is 0.430. The molecule has 0 amide bonds. The van der Waals surface area contributed by atoms with E-state index in [9.17, 15) is 4.39 Å². The Hall–Kier alpha value is -1.09. The lowest BCUT2D eigenvalue weighted by Crippen LogP contribution is -2.12. The van der Waals surface area contributed by atoms with Crippen LogP contribution in [0.1, 0.15) is 12.0 Å². The molecule has 2 atom stereocenters. The number of rotatable bonds is 2. The van der Waals surface area contributed by atoms with E-state index in [1.54, 1.807) is 31.4 Å². The van der Waals surface area contributed by atoms with Crippen molar-refractivity contribution >= 4 is 0 Å². The third-order valence-corrected chi connectivity index (χ3v) is 2.51. The molecule has 2 rings (SSSR count). The van der Waals surface area contributed by atoms with E-state index in [0.717, 1.165) is 5.75 Å². The van der Waals surface area contributed by atoms with Crippen LogP contribution in [-0.2, 0) is 5.67 Å². The first kappa shape index (κ1) is 8.51. The molecular formula is C10H12FNO. The first-order valence-corrected chi connectivity index (χ1v) is 4.26. The summed E-state index contributed by atoms with van der Waals surface area (Å²) >= 11 is 0. The van der Waals surface area contributed by atoms with Gasteiger partial charge in [-0.05, 0) is 17.7 Å². The van der Waals surface area contributed by atoms with Crippen molar-refractivity contribution in [2.24, 2.45) is 5.73 Å². The number of hydrogen-bond acceptors (Lipinski definition) is 2. The van der Waals surface area contributed by atoms with Crippen LogP contribution in [0, 0.1) is 0 Å². The Morgan fingerprint density at radius 3 is 2.38 bits per heavy atom. The molecule has 1 aliphatic carbocycles. The Morgan fingerprint density at radius 1 is 1.46 bits per heavy atom. The number of hydrogen-bond donors (Lipinski definition) is 1. The molecule has 1 aromatic carbocycles. The van der Waals surface area contributed by atoms with Crippen molar-refractivity contribution in [1.82, 2.24) is 0 Å². The van der Waals surface area contributed by atoms with Crippen LogP contribution in [0.2, 0.25) is 0 Å². The van der Waals surface area contributed by atoms with Crippen molar-refractivity contribution in [3.05, 3.63) is 29.8 Å². The van der Waals surface area contributed by atoms with Crippen molar-refractivity contribution in [1.29, 1.82) is 0 Å². The van der Waals surface area contributed by atoms with Crippen LogP contribution in [0.3, 0.4) is 0 Å². The van der Waals surface area contributed by atoms with Crippen LogP contribution in [0.15, 0.2) is 24.3 Å². The normalized spacial score (nSPS) is 31.5. The minimum atomic E-state index is -1.29. The zero-order valence-electron chi connectivity index (χ0n) is 7.46. The van der Waals surface area contributed by atoms with Crippen molar-refractivity contribution < 1.29 is 9.13 Å². The predicted octanol–water partition coefficient (Wildman–Crippen LogP) is 1.59. The molecule has 0 aliphatic heterocycles. The van der Waals surface area contributed by atoms with Gasteiger partial charge >= 0.3 is 0 Å². The van der Waals surface area contributed by atoms with E-state index in [1.807, 2.05) is 0 Å². The molecule has 13 heavy (non-hydrogen) atoms. The van der Waals surface area contributed by atoms with E-state index >= 15 is 0 Å². The summed E-state index contributed by atoms with van der Waals surface area (Å²) in [7, 11) is 1.59. The first-order valence-electron chi connectivity index (χ1n) is 4.26. The summed E-state index contributed by atoms with van der Waals surface area (Å²) in [5.41, 5.74) is 4.87. The average Bonchev–Trinajstić information content (AvgIpc) is 2.76. The molecule has 1 aromatic rings. The van der Waals surface area contributed by atoms with Crippen molar-refractivity contribution in [2.75, 3.05) is 7.11 Å². The summed E-state index contributed by atoms with van der Waals surface area (Å²) in [4.78, 5) is 0. The summed E-state index contributed by atoms with van der Waals surface area (Å²) in [6.45, 7) is 0. The number of methoxy groups -OCH3 is 1. The molecule has 1 fully saturated rings. The van der Waals surface area contributed by atoms with Gasteiger partial charge in [0.1, 0.15) is 5.75 Å². The van der Waals surface area contributed by atoms with E-state index in [4.69, 9.17) is 10.5 Å². The number of ether oxygens (including phenoxy) is 1. The van der Waals surface area contributed by atoms with Gasteiger partial charge in [0.05, 0.1) is 7.11 Å². The van der Waals surface area contributed by atoms with Gasteiger partial charge in [0, 0.05) is 12.5 Å². The Labute approximate surface area is 76.5 Å². The molecule has 1 aliphatic rings. The van der Waals surface area contributed by atoms with Crippen LogP contribution in [-0.4, -0.2) is 13.2 Å². The standard InChI is InChI=1S/C10H12FNO/c1-13-8-4-2-7(3-5-8)10(11)6-9(10)12/h2-5,9H,6,12H2,1H3/t9-,10+/m0/s1. The summed E-state index contributed by atoms with van der Waals surface area (Å²) in [6, 6.07) is 6.63. The van der Waals surface area contributed by atoms with Gasteiger partial charge in [-0.25, -0.2) is 4.39 Å². The lowest BCUT2D eigenvalue weighted by Gasteiger charge is -2.06. The van der Waals surface area contributed by atoms with Crippen LogP contribution in [0.5, 0.6) is 5.75 Å². The van der Waals surface area contributed by atoms with E-state index in [-0.39, 0.29) is 6.04 Å². The zero-order valence-corrected chi connectivity index (χ0v) is 7.46. The summed E-state index contributed by atoms with van der Waals surface area (Å²) in [5, 5.41) is 0. The number of halogens is 1. The molecule has 0 radical (unpaired) electrons. The summed E-state index contributed by atoms with van der Waals surface area (Å²) in [5.74, 6) is 0.738. The Morgan fingerprint density at radius 2 is 2.00 bits per heavy atom. The molecule has 0 saturated heterocycles. The van der Waals surface area contributed by atoms with Gasteiger partial charge in [-0.2, -0.15) is 0 Å². The van der Waals surface area contributed by atoms with Crippen LogP contribution >= 0.6 is 0 Å². The molecule has 70 valence electrons. The highest BCUT2D eigenvalue weighted by molar-refractivity contribution is 5.36. The average molecular weight is 181 g/mol. The molecule has 0 unspecified atom stereocenters. The lowest BCUT2D eigenvalue weighted by molar-refractivity contribution is 0.306. The van der Waals surface area contributed by atoms with Gasteiger partial charge in [0.15, 0.2) is 5.67 Å². The summed E-state index contributed by atoms with van der Waals surface area (Å²) < 4.78 is 18.7. The monoisotopic (exact) mass is 181 g/mol. The van der Waals surface area contributed by atoms with E-state index < -0.39 is 5.67 Å². The topological polar surface area (TPSA) is 35.2 Å². The van der Waals surface area contributed by atoms with Crippen LogP contribution in [0.4, 0.5) is 4.39 Å². The Balaban J connectivity index is 2.24. The number of benzene rings is 1. The number of nitrogens with two attached hydrogens (primary N) is 1. The minimum absolute atomic E-state index is 0.333. The highest BCUT2D eigenvalue weighted by Crippen LogP contribution is 2.48. The van der Waals surface area contributed by atoms with Gasteiger partial charge < -0.3 is 10.5 Å². The fraction of sp³-hybridized carbons (Fsp3) is 0.400. The maximum Gasteiger partial charge on any atom is 0.152 e. The zero-order chi connectivity index (χ0) is 9.47. The maximum absolute atomic E-state index is 13.7. The molecule has 0 heterocycles. The molecular weight excluding hydrogens is 169 g/mol. The molecule has 2 N–H and O–H groups in total. The highest BCUT2D eigenvalue weighted by Gasteiger charge is 2.54. The Kier molecular flexibility index (Phi) is 1.77. The number of alkyl halides is 1. The fourth-order valence-corrected chi connectivity index (χ4v) is 1.46. The smallest absolute Gasteiger partial charge is 0.152 e. The van der Waals surface area contributed by atoms with Crippen molar-refractivity contribution in [3.8, 4) is 5.75 Å². The van der Waals surface area contributed by atoms with Crippen molar-refractivity contribution in [2.45, 2.75) is 18.1 Å². The van der Waals surface area contributed by atoms with Crippen LogP contribution < -0.4 is 10.5 Å². The molecule has 3 heteroatoms. The second-order valence-electron chi connectivity index (χ2n) is 3.40. The quantitative estimate of drug-likeness (QED) is 0.752. The second kappa shape index (κ2) is 2.70. The Bertz CT molecular complexity index is 311. The molecule has 1 saturated carbocycles. The maximum atomic E-state index is 13.7.